The number of thiocarbonyl (C=S) groups is 1. The van der Waals surface area contributed by atoms with Crippen LogP contribution < -0.4 is 10.6 Å². The molecule has 6 nitrogen and oxygen atoms in total. The number of nitrogens with one attached hydrogen (secondary N) is 2. The molecule has 0 saturated carbocycles. The van der Waals surface area contributed by atoms with Gasteiger partial charge in [-0.3, -0.25) is 9.78 Å². The van der Waals surface area contributed by atoms with Gasteiger partial charge in [0, 0.05) is 41.9 Å². The minimum atomic E-state index is -0.130. The van der Waals surface area contributed by atoms with E-state index in [-0.39, 0.29) is 18.0 Å². The first-order chi connectivity index (χ1) is 18.9. The molecule has 1 aliphatic rings. The third-order valence-electron chi connectivity index (χ3n) is 7.59. The smallest absolute Gasteiger partial charge is 0.226 e. The zero-order valence-corrected chi connectivity index (χ0v) is 23.8. The SMILES string of the molecule is CCc1ccc(-n2c(C)cc([C@@H]3[C@@H](c4ccccn4)NC(=S)N3CCC(=O)Nc3ccccc3C)c2C)cc1. The molecular formula is C32H35N5OS. The Morgan fingerprint density at radius 3 is 2.46 bits per heavy atom. The summed E-state index contributed by atoms with van der Waals surface area (Å²) < 4.78 is 2.30. The molecule has 1 aliphatic heterocycles. The van der Waals surface area contributed by atoms with Crippen LogP contribution in [0.4, 0.5) is 5.69 Å². The second-order valence-corrected chi connectivity index (χ2v) is 10.5. The van der Waals surface area contributed by atoms with Gasteiger partial charge in [-0.2, -0.15) is 0 Å². The molecule has 0 unspecified atom stereocenters. The van der Waals surface area contributed by atoms with Gasteiger partial charge in [0.15, 0.2) is 5.11 Å². The summed E-state index contributed by atoms with van der Waals surface area (Å²) in [5, 5.41) is 7.21. The molecule has 0 radical (unpaired) electrons. The molecule has 1 saturated heterocycles. The van der Waals surface area contributed by atoms with Gasteiger partial charge in [-0.05, 0) is 92.5 Å². The van der Waals surface area contributed by atoms with Crippen molar-refractivity contribution >= 4 is 28.9 Å². The number of aryl methyl sites for hydroxylation is 3. The lowest BCUT2D eigenvalue weighted by molar-refractivity contribution is -0.116. The first kappa shape index (κ1) is 26.6. The van der Waals surface area contributed by atoms with Crippen LogP contribution in [-0.4, -0.2) is 32.0 Å². The lowest BCUT2D eigenvalue weighted by atomic mass is 9.96. The number of aromatic nitrogens is 2. The van der Waals surface area contributed by atoms with Crippen molar-refractivity contribution in [3.63, 3.8) is 0 Å². The van der Waals surface area contributed by atoms with Gasteiger partial charge in [0.2, 0.25) is 5.91 Å². The van der Waals surface area contributed by atoms with Crippen LogP contribution in [0.2, 0.25) is 0 Å². The molecule has 200 valence electrons. The number of rotatable bonds is 8. The van der Waals surface area contributed by atoms with Crippen molar-refractivity contribution in [2.75, 3.05) is 11.9 Å². The Morgan fingerprint density at radius 1 is 1.03 bits per heavy atom. The average molecular weight is 538 g/mol. The molecule has 2 N–H and O–H groups in total. The Labute approximate surface area is 236 Å². The highest BCUT2D eigenvalue weighted by Crippen LogP contribution is 2.41. The summed E-state index contributed by atoms with van der Waals surface area (Å²) in [6.07, 6.45) is 3.14. The summed E-state index contributed by atoms with van der Waals surface area (Å²) in [6.45, 7) is 8.96. The van der Waals surface area contributed by atoms with Crippen LogP contribution >= 0.6 is 12.2 Å². The number of benzene rings is 2. The van der Waals surface area contributed by atoms with E-state index < -0.39 is 0 Å². The maximum absolute atomic E-state index is 13.0. The van der Waals surface area contributed by atoms with E-state index in [1.807, 2.05) is 55.6 Å². The highest BCUT2D eigenvalue weighted by atomic mass is 32.1. The fourth-order valence-electron chi connectivity index (χ4n) is 5.50. The summed E-state index contributed by atoms with van der Waals surface area (Å²) in [5.74, 6) is -0.0337. The van der Waals surface area contributed by atoms with Gasteiger partial charge >= 0.3 is 0 Å². The lowest BCUT2D eigenvalue weighted by Crippen LogP contribution is -2.33. The fourth-order valence-corrected chi connectivity index (χ4v) is 5.83. The van der Waals surface area contributed by atoms with E-state index in [1.54, 1.807) is 0 Å². The highest BCUT2D eigenvalue weighted by Gasteiger charge is 2.41. The van der Waals surface area contributed by atoms with Crippen LogP contribution in [0.1, 0.15) is 59.2 Å². The van der Waals surface area contributed by atoms with Gasteiger partial charge in [0.05, 0.1) is 17.8 Å². The monoisotopic (exact) mass is 537 g/mol. The molecule has 2 aromatic heterocycles. The van der Waals surface area contributed by atoms with Gasteiger partial charge in [-0.25, -0.2) is 0 Å². The molecule has 0 spiro atoms. The molecule has 0 aliphatic carbocycles. The number of amides is 1. The third kappa shape index (κ3) is 5.45. The van der Waals surface area contributed by atoms with Crippen molar-refractivity contribution in [3.05, 3.63) is 113 Å². The highest BCUT2D eigenvalue weighted by molar-refractivity contribution is 7.80. The predicted octanol–water partition coefficient (Wildman–Crippen LogP) is 6.36. The normalized spacial score (nSPS) is 16.8. The summed E-state index contributed by atoms with van der Waals surface area (Å²) in [7, 11) is 0. The number of para-hydroxylation sites is 1. The zero-order chi connectivity index (χ0) is 27.5. The van der Waals surface area contributed by atoms with E-state index in [2.05, 4.69) is 76.2 Å². The van der Waals surface area contributed by atoms with Crippen LogP contribution in [0.25, 0.3) is 5.69 Å². The third-order valence-corrected chi connectivity index (χ3v) is 7.94. The van der Waals surface area contributed by atoms with E-state index in [0.717, 1.165) is 40.4 Å². The number of carbonyl (C=O) groups is 1. The van der Waals surface area contributed by atoms with Crippen molar-refractivity contribution in [3.8, 4) is 5.69 Å². The Bertz CT molecular complexity index is 1480. The molecule has 1 amide bonds. The second-order valence-electron chi connectivity index (χ2n) is 10.1. The van der Waals surface area contributed by atoms with E-state index in [1.165, 1.54) is 11.1 Å². The quantitative estimate of drug-likeness (QED) is 0.256. The molecule has 4 aromatic rings. The summed E-state index contributed by atoms with van der Waals surface area (Å²) in [5.41, 5.74) is 8.74. The number of hydrogen-bond donors (Lipinski definition) is 2. The van der Waals surface area contributed by atoms with Crippen molar-refractivity contribution in [2.24, 2.45) is 0 Å². The predicted molar refractivity (Wildman–Crippen MR) is 161 cm³/mol. The Hall–Kier alpha value is -3.97. The number of anilines is 1. The van der Waals surface area contributed by atoms with Crippen LogP contribution in [0.5, 0.6) is 0 Å². The molecule has 2 atom stereocenters. The maximum atomic E-state index is 13.0. The lowest BCUT2D eigenvalue weighted by Gasteiger charge is -2.28. The van der Waals surface area contributed by atoms with Crippen molar-refractivity contribution in [1.82, 2.24) is 19.8 Å². The number of carbonyl (C=O) groups excluding carboxylic acids is 1. The minimum Gasteiger partial charge on any atom is -0.352 e. The van der Waals surface area contributed by atoms with Crippen LogP contribution in [0.15, 0.2) is 79.0 Å². The van der Waals surface area contributed by atoms with Gasteiger partial charge < -0.3 is 20.1 Å². The standard InChI is InChI=1S/C32H35N5OS/c1-5-24-13-15-25(16-14-24)37-22(3)20-26(23(37)4)31-30(28-12-8-9-18-33-28)35-32(39)36(31)19-17-29(38)34-27-11-7-6-10-21(27)2/h6-16,18,20,30-31H,5,17,19H2,1-4H3,(H,34,38)(H,35,39)/t30-,31-/m1/s1. The van der Waals surface area contributed by atoms with Crippen LogP contribution in [0.3, 0.4) is 0 Å². The van der Waals surface area contributed by atoms with Crippen LogP contribution in [0, 0.1) is 20.8 Å². The summed E-state index contributed by atoms with van der Waals surface area (Å²) in [4.78, 5) is 19.8. The number of nitrogens with zero attached hydrogens (tertiary/aromatic N) is 3. The van der Waals surface area contributed by atoms with Crippen LogP contribution in [-0.2, 0) is 11.2 Å². The first-order valence-corrected chi connectivity index (χ1v) is 13.9. The molecular weight excluding hydrogens is 502 g/mol. The molecule has 39 heavy (non-hydrogen) atoms. The van der Waals surface area contributed by atoms with Crippen molar-refractivity contribution < 1.29 is 4.79 Å². The van der Waals surface area contributed by atoms with Gasteiger partial charge in [0.25, 0.3) is 0 Å². The van der Waals surface area contributed by atoms with Crippen molar-refractivity contribution in [2.45, 2.75) is 52.6 Å². The topological polar surface area (TPSA) is 62.2 Å². The Kier molecular flexibility index (Phi) is 7.79. The van der Waals surface area contributed by atoms with E-state index in [9.17, 15) is 4.79 Å². The first-order valence-electron chi connectivity index (χ1n) is 13.5. The molecule has 0 bridgehead atoms. The van der Waals surface area contributed by atoms with Crippen molar-refractivity contribution in [1.29, 1.82) is 0 Å². The molecule has 7 heteroatoms. The second kappa shape index (κ2) is 11.4. The molecule has 1 fully saturated rings. The summed E-state index contributed by atoms with van der Waals surface area (Å²) >= 11 is 5.85. The Balaban J connectivity index is 1.47. The molecule has 2 aromatic carbocycles. The average Bonchev–Trinajstić information content (AvgIpc) is 3.43. The largest absolute Gasteiger partial charge is 0.352 e. The van der Waals surface area contributed by atoms with Gasteiger partial charge in [0.1, 0.15) is 0 Å². The summed E-state index contributed by atoms with van der Waals surface area (Å²) in [6, 6.07) is 24.5. The Morgan fingerprint density at radius 2 is 1.77 bits per heavy atom. The van der Waals surface area contributed by atoms with Gasteiger partial charge in [-0.15, -0.1) is 0 Å². The van der Waals surface area contributed by atoms with E-state index in [0.29, 0.717) is 18.1 Å². The fraction of sp³-hybridized carbons (Fsp3) is 0.281. The van der Waals surface area contributed by atoms with E-state index >= 15 is 0 Å². The maximum Gasteiger partial charge on any atom is 0.226 e. The zero-order valence-electron chi connectivity index (χ0n) is 22.9. The minimum absolute atomic E-state index is 0.0337. The number of hydrogen-bond acceptors (Lipinski definition) is 3. The van der Waals surface area contributed by atoms with E-state index in [4.69, 9.17) is 12.2 Å². The molecule has 3 heterocycles. The van der Waals surface area contributed by atoms with Gasteiger partial charge in [-0.1, -0.05) is 43.3 Å². The number of pyridine rings is 1. The molecule has 5 rings (SSSR count).